The SMILES string of the molecule is CCN(CC)C(=O)CCNC(C)c1ccc(OC)cc1. The molecule has 0 aliphatic rings. The molecule has 0 heterocycles. The summed E-state index contributed by atoms with van der Waals surface area (Å²) in [6.45, 7) is 8.38. The Balaban J connectivity index is 2.39. The van der Waals surface area contributed by atoms with Crippen molar-refractivity contribution in [1.82, 2.24) is 10.2 Å². The number of benzene rings is 1. The quantitative estimate of drug-likeness (QED) is 0.794. The first-order valence-electron chi connectivity index (χ1n) is 7.27. The summed E-state index contributed by atoms with van der Waals surface area (Å²) in [7, 11) is 1.66. The molecule has 0 spiro atoms. The molecule has 0 fully saturated rings. The molecule has 0 aliphatic carbocycles. The molecule has 0 radical (unpaired) electrons. The van der Waals surface area contributed by atoms with Crippen LogP contribution in [0.5, 0.6) is 5.75 Å². The summed E-state index contributed by atoms with van der Waals surface area (Å²) in [5, 5.41) is 3.38. The van der Waals surface area contributed by atoms with E-state index < -0.39 is 0 Å². The number of nitrogens with zero attached hydrogens (tertiary/aromatic N) is 1. The Morgan fingerprint density at radius 1 is 1.25 bits per heavy atom. The van der Waals surface area contributed by atoms with Crippen LogP contribution in [0.3, 0.4) is 0 Å². The largest absolute Gasteiger partial charge is 0.497 e. The molecule has 1 rings (SSSR count). The number of carbonyl (C=O) groups excluding carboxylic acids is 1. The van der Waals surface area contributed by atoms with E-state index >= 15 is 0 Å². The minimum atomic E-state index is 0.212. The van der Waals surface area contributed by atoms with E-state index in [1.54, 1.807) is 7.11 Å². The topological polar surface area (TPSA) is 41.6 Å². The van der Waals surface area contributed by atoms with E-state index in [0.29, 0.717) is 13.0 Å². The Kier molecular flexibility index (Phi) is 7.09. The zero-order valence-electron chi connectivity index (χ0n) is 13.0. The van der Waals surface area contributed by atoms with Crippen molar-refractivity contribution >= 4 is 5.91 Å². The van der Waals surface area contributed by atoms with E-state index in [1.807, 2.05) is 43.0 Å². The normalized spacial score (nSPS) is 12.0. The van der Waals surface area contributed by atoms with Crippen LogP contribution in [-0.2, 0) is 4.79 Å². The maximum Gasteiger partial charge on any atom is 0.223 e. The second-order valence-electron chi connectivity index (χ2n) is 4.77. The van der Waals surface area contributed by atoms with Crippen LogP contribution < -0.4 is 10.1 Å². The van der Waals surface area contributed by atoms with Crippen LogP contribution in [0.1, 0.15) is 38.8 Å². The number of amides is 1. The molecule has 1 aromatic carbocycles. The maximum atomic E-state index is 11.9. The molecule has 1 aromatic rings. The van der Waals surface area contributed by atoms with Gasteiger partial charge in [-0.1, -0.05) is 12.1 Å². The molecule has 4 nitrogen and oxygen atoms in total. The van der Waals surface area contributed by atoms with Crippen molar-refractivity contribution in [3.8, 4) is 5.75 Å². The predicted molar refractivity (Wildman–Crippen MR) is 82.0 cm³/mol. The molecule has 1 amide bonds. The highest BCUT2D eigenvalue weighted by Gasteiger charge is 2.10. The minimum Gasteiger partial charge on any atom is -0.497 e. The van der Waals surface area contributed by atoms with Crippen LogP contribution in [0.4, 0.5) is 0 Å². The van der Waals surface area contributed by atoms with Gasteiger partial charge < -0.3 is 15.0 Å². The minimum absolute atomic E-state index is 0.212. The molecular formula is C16H26N2O2. The Labute approximate surface area is 122 Å². The number of nitrogens with one attached hydrogen (secondary N) is 1. The standard InChI is InChI=1S/C16H26N2O2/c1-5-18(6-2)16(19)11-12-17-13(3)14-7-9-15(20-4)10-8-14/h7-10,13,17H,5-6,11-12H2,1-4H3. The van der Waals surface area contributed by atoms with Gasteiger partial charge in [0.05, 0.1) is 7.11 Å². The van der Waals surface area contributed by atoms with Gasteiger partial charge in [0.25, 0.3) is 0 Å². The third kappa shape index (κ3) is 4.85. The van der Waals surface area contributed by atoms with E-state index in [9.17, 15) is 4.79 Å². The smallest absolute Gasteiger partial charge is 0.223 e. The molecule has 0 saturated carbocycles. The summed E-state index contributed by atoms with van der Waals surface area (Å²) < 4.78 is 5.14. The highest BCUT2D eigenvalue weighted by Crippen LogP contribution is 2.17. The zero-order valence-corrected chi connectivity index (χ0v) is 13.0. The van der Waals surface area contributed by atoms with E-state index in [2.05, 4.69) is 12.2 Å². The van der Waals surface area contributed by atoms with Gasteiger partial charge in [0.1, 0.15) is 5.75 Å². The highest BCUT2D eigenvalue weighted by atomic mass is 16.5. The fraction of sp³-hybridized carbons (Fsp3) is 0.562. The monoisotopic (exact) mass is 278 g/mol. The summed E-state index contributed by atoms with van der Waals surface area (Å²) in [5.74, 6) is 1.07. The van der Waals surface area contributed by atoms with Crippen molar-refractivity contribution in [3.05, 3.63) is 29.8 Å². The summed E-state index contributed by atoms with van der Waals surface area (Å²) >= 11 is 0. The number of ether oxygens (including phenoxy) is 1. The first kappa shape index (κ1) is 16.5. The van der Waals surface area contributed by atoms with Gasteiger partial charge in [-0.3, -0.25) is 4.79 Å². The lowest BCUT2D eigenvalue weighted by atomic mass is 10.1. The summed E-state index contributed by atoms with van der Waals surface area (Å²) in [6.07, 6.45) is 0.544. The molecule has 4 heteroatoms. The Morgan fingerprint density at radius 2 is 1.85 bits per heavy atom. The van der Waals surface area contributed by atoms with Gasteiger partial charge in [-0.05, 0) is 38.5 Å². The lowest BCUT2D eigenvalue weighted by Gasteiger charge is -2.20. The summed E-state index contributed by atoms with van der Waals surface area (Å²) in [6, 6.07) is 8.22. The number of hydrogen-bond donors (Lipinski definition) is 1. The second-order valence-corrected chi connectivity index (χ2v) is 4.77. The highest BCUT2D eigenvalue weighted by molar-refractivity contribution is 5.76. The summed E-state index contributed by atoms with van der Waals surface area (Å²) in [5.41, 5.74) is 1.20. The fourth-order valence-corrected chi connectivity index (χ4v) is 2.14. The molecule has 112 valence electrons. The van der Waals surface area contributed by atoms with Crippen LogP contribution in [0.15, 0.2) is 24.3 Å². The number of carbonyl (C=O) groups is 1. The van der Waals surface area contributed by atoms with Crippen molar-refractivity contribution < 1.29 is 9.53 Å². The second kappa shape index (κ2) is 8.59. The van der Waals surface area contributed by atoms with E-state index in [1.165, 1.54) is 5.56 Å². The molecule has 20 heavy (non-hydrogen) atoms. The van der Waals surface area contributed by atoms with E-state index in [0.717, 1.165) is 18.8 Å². The zero-order chi connectivity index (χ0) is 15.0. The number of rotatable bonds is 8. The molecule has 1 unspecified atom stereocenters. The van der Waals surface area contributed by atoms with Gasteiger partial charge in [-0.2, -0.15) is 0 Å². The van der Waals surface area contributed by atoms with Crippen LogP contribution in [0.2, 0.25) is 0 Å². The van der Waals surface area contributed by atoms with Crippen LogP contribution in [-0.4, -0.2) is 37.6 Å². The van der Waals surface area contributed by atoms with Gasteiger partial charge in [0.15, 0.2) is 0 Å². The molecule has 0 aliphatic heterocycles. The third-order valence-corrected chi connectivity index (χ3v) is 3.52. The van der Waals surface area contributed by atoms with Crippen molar-refractivity contribution in [1.29, 1.82) is 0 Å². The first-order chi connectivity index (χ1) is 9.62. The lowest BCUT2D eigenvalue weighted by molar-refractivity contribution is -0.130. The first-order valence-corrected chi connectivity index (χ1v) is 7.27. The average Bonchev–Trinajstić information content (AvgIpc) is 2.48. The molecule has 0 aromatic heterocycles. The summed E-state index contributed by atoms with van der Waals surface area (Å²) in [4.78, 5) is 13.7. The predicted octanol–water partition coefficient (Wildman–Crippen LogP) is 2.60. The molecular weight excluding hydrogens is 252 g/mol. The average molecular weight is 278 g/mol. The Morgan fingerprint density at radius 3 is 2.35 bits per heavy atom. The number of hydrogen-bond acceptors (Lipinski definition) is 3. The molecule has 0 saturated heterocycles. The van der Waals surface area contributed by atoms with Crippen molar-refractivity contribution in [3.63, 3.8) is 0 Å². The third-order valence-electron chi connectivity index (χ3n) is 3.52. The Bertz CT molecular complexity index is 399. The molecule has 0 bridgehead atoms. The van der Waals surface area contributed by atoms with Crippen molar-refractivity contribution in [2.75, 3.05) is 26.7 Å². The van der Waals surface area contributed by atoms with Crippen molar-refractivity contribution in [2.45, 2.75) is 33.2 Å². The Hall–Kier alpha value is -1.55. The van der Waals surface area contributed by atoms with Crippen LogP contribution in [0, 0.1) is 0 Å². The van der Waals surface area contributed by atoms with E-state index in [4.69, 9.17) is 4.74 Å². The molecule has 1 atom stereocenters. The van der Waals surface area contributed by atoms with Gasteiger partial charge in [0.2, 0.25) is 5.91 Å². The van der Waals surface area contributed by atoms with Crippen molar-refractivity contribution in [2.24, 2.45) is 0 Å². The molecule has 1 N–H and O–H groups in total. The van der Waals surface area contributed by atoms with Crippen LogP contribution >= 0.6 is 0 Å². The van der Waals surface area contributed by atoms with Crippen LogP contribution in [0.25, 0.3) is 0 Å². The van der Waals surface area contributed by atoms with Gasteiger partial charge in [-0.25, -0.2) is 0 Å². The maximum absolute atomic E-state index is 11.9. The van der Waals surface area contributed by atoms with Gasteiger partial charge in [-0.15, -0.1) is 0 Å². The van der Waals surface area contributed by atoms with Gasteiger partial charge in [0, 0.05) is 32.1 Å². The lowest BCUT2D eigenvalue weighted by Crippen LogP contribution is -2.33. The van der Waals surface area contributed by atoms with Gasteiger partial charge >= 0.3 is 0 Å². The van der Waals surface area contributed by atoms with E-state index in [-0.39, 0.29) is 11.9 Å². The number of methoxy groups -OCH3 is 1. The fourth-order valence-electron chi connectivity index (χ4n) is 2.14.